The van der Waals surface area contributed by atoms with Gasteiger partial charge in [0.2, 0.25) is 5.88 Å². The average molecular weight is 441 g/mol. The standard InChI is InChI=1S/C25H20FN5O2/c1-25(2)10-17(32)20-18(11-25)33-24-21(19(20)15-4-3-9-27-12-15)23-29-22(30-31(23)13-28-24)14-5-7-16(26)8-6-14/h3-9,12-13,19H,10-11H2,1-2H3/t19-/m0/s1. The third-order valence-corrected chi connectivity index (χ3v) is 6.18. The monoisotopic (exact) mass is 441 g/mol. The lowest BCUT2D eigenvalue weighted by Gasteiger charge is -2.37. The minimum absolute atomic E-state index is 0.0565. The summed E-state index contributed by atoms with van der Waals surface area (Å²) in [6.45, 7) is 4.13. The van der Waals surface area contributed by atoms with Crippen molar-refractivity contribution in [2.24, 2.45) is 5.41 Å². The van der Waals surface area contributed by atoms with Crippen LogP contribution in [0.15, 0.2) is 66.5 Å². The van der Waals surface area contributed by atoms with E-state index in [4.69, 9.17) is 9.72 Å². The molecule has 4 heterocycles. The third kappa shape index (κ3) is 3.21. The van der Waals surface area contributed by atoms with E-state index in [1.165, 1.54) is 12.1 Å². The van der Waals surface area contributed by atoms with Gasteiger partial charge in [0.15, 0.2) is 17.3 Å². The number of pyridine rings is 1. The summed E-state index contributed by atoms with van der Waals surface area (Å²) in [6, 6.07) is 9.80. The van der Waals surface area contributed by atoms with Crippen molar-refractivity contribution >= 4 is 11.4 Å². The molecule has 6 rings (SSSR count). The average Bonchev–Trinajstić information content (AvgIpc) is 3.22. The second-order valence-corrected chi connectivity index (χ2v) is 9.27. The molecule has 164 valence electrons. The van der Waals surface area contributed by atoms with Crippen molar-refractivity contribution in [2.75, 3.05) is 0 Å². The smallest absolute Gasteiger partial charge is 0.228 e. The van der Waals surface area contributed by atoms with Crippen LogP contribution in [0, 0.1) is 11.2 Å². The number of carbonyl (C=O) groups excluding carboxylic acids is 1. The van der Waals surface area contributed by atoms with Gasteiger partial charge < -0.3 is 4.74 Å². The molecular weight excluding hydrogens is 421 g/mol. The number of nitrogens with zero attached hydrogens (tertiary/aromatic N) is 5. The fraction of sp³-hybridized carbons (Fsp3) is 0.240. The molecule has 4 aromatic rings. The van der Waals surface area contributed by atoms with Crippen LogP contribution in [0.5, 0.6) is 5.88 Å². The van der Waals surface area contributed by atoms with Crippen LogP contribution in [0.4, 0.5) is 4.39 Å². The van der Waals surface area contributed by atoms with E-state index in [-0.39, 0.29) is 17.0 Å². The highest BCUT2D eigenvalue weighted by Crippen LogP contribution is 2.50. The van der Waals surface area contributed by atoms with Gasteiger partial charge in [0.25, 0.3) is 0 Å². The number of benzene rings is 1. The van der Waals surface area contributed by atoms with E-state index in [0.717, 1.165) is 5.56 Å². The van der Waals surface area contributed by atoms with E-state index >= 15 is 0 Å². The Hall–Kier alpha value is -3.94. The zero-order valence-electron chi connectivity index (χ0n) is 18.1. The summed E-state index contributed by atoms with van der Waals surface area (Å²) in [7, 11) is 0. The largest absolute Gasteiger partial charge is 0.442 e. The van der Waals surface area contributed by atoms with E-state index in [9.17, 15) is 9.18 Å². The molecule has 0 N–H and O–H groups in total. The molecule has 8 heteroatoms. The first-order valence-corrected chi connectivity index (χ1v) is 10.7. The van der Waals surface area contributed by atoms with Crippen molar-refractivity contribution in [3.8, 4) is 17.3 Å². The van der Waals surface area contributed by atoms with Crippen molar-refractivity contribution < 1.29 is 13.9 Å². The maximum absolute atomic E-state index is 13.4. The number of hydrogen-bond donors (Lipinski definition) is 0. The van der Waals surface area contributed by atoms with Crippen LogP contribution in [-0.4, -0.2) is 30.3 Å². The summed E-state index contributed by atoms with van der Waals surface area (Å²) in [5, 5.41) is 4.54. The zero-order valence-corrected chi connectivity index (χ0v) is 18.1. The number of hydrogen-bond acceptors (Lipinski definition) is 6. The predicted molar refractivity (Wildman–Crippen MR) is 118 cm³/mol. The lowest BCUT2D eigenvalue weighted by Crippen LogP contribution is -2.33. The Kier molecular flexibility index (Phi) is 4.20. The van der Waals surface area contributed by atoms with Crippen LogP contribution >= 0.6 is 0 Å². The lowest BCUT2D eigenvalue weighted by molar-refractivity contribution is -0.118. The first-order valence-electron chi connectivity index (χ1n) is 10.7. The van der Waals surface area contributed by atoms with Crippen LogP contribution in [0.2, 0.25) is 0 Å². The van der Waals surface area contributed by atoms with Gasteiger partial charge in [0, 0.05) is 36.4 Å². The molecule has 0 saturated carbocycles. The number of allylic oxidation sites excluding steroid dienone is 2. The van der Waals surface area contributed by atoms with Gasteiger partial charge in [-0.05, 0) is 41.3 Å². The molecule has 0 amide bonds. The Balaban J connectivity index is 1.59. The molecule has 3 aromatic heterocycles. The van der Waals surface area contributed by atoms with Gasteiger partial charge in [0.05, 0.1) is 11.5 Å². The number of rotatable bonds is 2. The number of aromatic nitrogens is 5. The van der Waals surface area contributed by atoms with Gasteiger partial charge in [-0.3, -0.25) is 9.78 Å². The molecule has 0 unspecified atom stereocenters. The van der Waals surface area contributed by atoms with Gasteiger partial charge >= 0.3 is 0 Å². The van der Waals surface area contributed by atoms with E-state index in [0.29, 0.717) is 52.7 Å². The molecule has 0 spiro atoms. The molecule has 1 aromatic carbocycles. The molecule has 1 aliphatic heterocycles. The van der Waals surface area contributed by atoms with Gasteiger partial charge in [-0.25, -0.2) is 18.9 Å². The number of ketones is 1. The number of Topliss-reactive ketones (excluding diaryl/α,β-unsaturated/α-hetero) is 1. The number of carbonyl (C=O) groups is 1. The summed E-state index contributed by atoms with van der Waals surface area (Å²) >= 11 is 0. The number of ether oxygens (including phenoxy) is 1. The second-order valence-electron chi connectivity index (χ2n) is 9.27. The van der Waals surface area contributed by atoms with Gasteiger partial charge in [-0.1, -0.05) is 19.9 Å². The molecule has 0 saturated heterocycles. The molecule has 0 radical (unpaired) electrons. The summed E-state index contributed by atoms with van der Waals surface area (Å²) < 4.78 is 21.2. The normalized spacial score (nSPS) is 19.2. The first kappa shape index (κ1) is 19.7. The molecular formula is C25H20FN5O2. The van der Waals surface area contributed by atoms with Gasteiger partial charge in [-0.2, -0.15) is 0 Å². The zero-order chi connectivity index (χ0) is 22.7. The van der Waals surface area contributed by atoms with Crippen molar-refractivity contribution in [3.63, 3.8) is 0 Å². The minimum atomic E-state index is -0.414. The predicted octanol–water partition coefficient (Wildman–Crippen LogP) is 4.49. The third-order valence-electron chi connectivity index (χ3n) is 6.18. The van der Waals surface area contributed by atoms with Gasteiger partial charge in [-0.15, -0.1) is 5.10 Å². The maximum atomic E-state index is 13.4. The Morgan fingerprint density at radius 3 is 2.73 bits per heavy atom. The molecule has 2 aliphatic rings. The van der Waals surface area contributed by atoms with Crippen molar-refractivity contribution in [1.29, 1.82) is 0 Å². The molecule has 1 aliphatic carbocycles. The van der Waals surface area contributed by atoms with E-state index < -0.39 is 5.92 Å². The Labute approximate surface area is 189 Å². The van der Waals surface area contributed by atoms with E-state index in [2.05, 4.69) is 28.9 Å². The van der Waals surface area contributed by atoms with Crippen LogP contribution < -0.4 is 4.74 Å². The summed E-state index contributed by atoms with van der Waals surface area (Å²) in [6.07, 6.45) is 6.09. The highest BCUT2D eigenvalue weighted by Gasteiger charge is 2.44. The molecule has 33 heavy (non-hydrogen) atoms. The van der Waals surface area contributed by atoms with Crippen LogP contribution in [-0.2, 0) is 4.79 Å². The maximum Gasteiger partial charge on any atom is 0.228 e. The fourth-order valence-electron chi connectivity index (χ4n) is 4.75. The van der Waals surface area contributed by atoms with Crippen LogP contribution in [0.3, 0.4) is 0 Å². The molecule has 7 nitrogen and oxygen atoms in total. The number of fused-ring (bicyclic) bond motifs is 3. The van der Waals surface area contributed by atoms with E-state index in [1.54, 1.807) is 35.4 Å². The lowest BCUT2D eigenvalue weighted by atomic mass is 9.70. The van der Waals surface area contributed by atoms with Crippen LogP contribution in [0.25, 0.3) is 17.0 Å². The molecule has 0 fully saturated rings. The van der Waals surface area contributed by atoms with E-state index in [1.807, 2.05) is 12.1 Å². The molecule has 0 bridgehead atoms. The van der Waals surface area contributed by atoms with Crippen molar-refractivity contribution in [2.45, 2.75) is 32.6 Å². The highest BCUT2D eigenvalue weighted by atomic mass is 19.1. The summed E-state index contributed by atoms with van der Waals surface area (Å²) in [5.74, 6) is 0.825. The Morgan fingerprint density at radius 1 is 1.15 bits per heavy atom. The number of halogens is 1. The minimum Gasteiger partial charge on any atom is -0.442 e. The molecule has 1 atom stereocenters. The Morgan fingerprint density at radius 2 is 1.97 bits per heavy atom. The van der Waals surface area contributed by atoms with Crippen molar-refractivity contribution in [3.05, 3.63) is 83.4 Å². The van der Waals surface area contributed by atoms with Crippen LogP contribution in [0.1, 0.15) is 43.7 Å². The summed E-state index contributed by atoms with van der Waals surface area (Å²) in [4.78, 5) is 26.9. The quantitative estimate of drug-likeness (QED) is 0.456. The second kappa shape index (κ2) is 7.03. The first-order chi connectivity index (χ1) is 15.9. The highest BCUT2D eigenvalue weighted by molar-refractivity contribution is 6.00. The summed E-state index contributed by atoms with van der Waals surface area (Å²) in [5.41, 5.74) is 3.20. The van der Waals surface area contributed by atoms with Crippen molar-refractivity contribution in [1.82, 2.24) is 24.6 Å². The Bertz CT molecular complexity index is 1440. The van der Waals surface area contributed by atoms with Gasteiger partial charge in [0.1, 0.15) is 17.9 Å². The fourth-order valence-corrected chi connectivity index (χ4v) is 4.75. The topological polar surface area (TPSA) is 82.3 Å². The SMILES string of the molecule is CC1(C)CC(=O)C2=C(C1)Oc1ncn3nc(-c4ccc(F)cc4)nc3c1[C@H]2c1cccnc1.